The molecule has 4 nitrogen and oxygen atoms in total. The van der Waals surface area contributed by atoms with E-state index in [2.05, 4.69) is 10.6 Å². The van der Waals surface area contributed by atoms with E-state index in [1.54, 1.807) is 24.3 Å². The molecular formula is C15H18Cl2N2O2. The molecular weight excluding hydrogens is 311 g/mol. The quantitative estimate of drug-likeness (QED) is 0.834. The summed E-state index contributed by atoms with van der Waals surface area (Å²) in [4.78, 5) is 23.2. The summed E-state index contributed by atoms with van der Waals surface area (Å²) in [5, 5.41) is 6.27. The van der Waals surface area contributed by atoms with E-state index in [-0.39, 0.29) is 23.9 Å². The van der Waals surface area contributed by atoms with Gasteiger partial charge in [-0.3, -0.25) is 9.59 Å². The van der Waals surface area contributed by atoms with E-state index < -0.39 is 0 Å². The Morgan fingerprint density at radius 1 is 1.24 bits per heavy atom. The van der Waals surface area contributed by atoms with Gasteiger partial charge in [-0.1, -0.05) is 23.2 Å². The van der Waals surface area contributed by atoms with Crippen molar-refractivity contribution in [3.8, 4) is 0 Å². The van der Waals surface area contributed by atoms with Crippen LogP contribution in [0, 0.1) is 0 Å². The Balaban J connectivity index is 2.52. The first-order valence-electron chi connectivity index (χ1n) is 6.39. The highest BCUT2D eigenvalue weighted by Gasteiger charge is 2.13. The SMILES string of the molecule is CC(C)(C)NC(=O)CNC(=O)/C=C/c1cc(Cl)ccc1Cl. The van der Waals surface area contributed by atoms with Gasteiger partial charge in [-0.25, -0.2) is 0 Å². The maximum atomic E-state index is 11.6. The predicted octanol–water partition coefficient (Wildman–Crippen LogP) is 3.04. The first-order valence-corrected chi connectivity index (χ1v) is 7.15. The van der Waals surface area contributed by atoms with Crippen molar-refractivity contribution in [3.63, 3.8) is 0 Å². The molecule has 0 atom stereocenters. The van der Waals surface area contributed by atoms with Gasteiger partial charge in [0.2, 0.25) is 11.8 Å². The topological polar surface area (TPSA) is 58.2 Å². The van der Waals surface area contributed by atoms with Crippen LogP contribution in [0.1, 0.15) is 26.3 Å². The molecule has 0 aromatic heterocycles. The summed E-state index contributed by atoms with van der Waals surface area (Å²) >= 11 is 11.8. The van der Waals surface area contributed by atoms with Gasteiger partial charge in [0.1, 0.15) is 0 Å². The van der Waals surface area contributed by atoms with Crippen LogP contribution in [-0.2, 0) is 9.59 Å². The lowest BCUT2D eigenvalue weighted by Crippen LogP contribution is -2.45. The Hall–Kier alpha value is -1.52. The minimum Gasteiger partial charge on any atom is -0.350 e. The molecule has 0 saturated carbocycles. The first kappa shape index (κ1) is 17.5. The third kappa shape index (κ3) is 7.16. The highest BCUT2D eigenvalue weighted by atomic mass is 35.5. The van der Waals surface area contributed by atoms with Crippen molar-refractivity contribution >= 4 is 41.1 Å². The van der Waals surface area contributed by atoms with E-state index in [9.17, 15) is 9.59 Å². The number of rotatable bonds is 4. The van der Waals surface area contributed by atoms with Gasteiger partial charge < -0.3 is 10.6 Å². The molecule has 2 amide bonds. The van der Waals surface area contributed by atoms with Crippen molar-refractivity contribution in [2.75, 3.05) is 6.54 Å². The van der Waals surface area contributed by atoms with Gasteiger partial charge >= 0.3 is 0 Å². The van der Waals surface area contributed by atoms with E-state index in [1.807, 2.05) is 20.8 Å². The fourth-order valence-electron chi connectivity index (χ4n) is 1.50. The van der Waals surface area contributed by atoms with Crippen LogP contribution in [0.2, 0.25) is 10.0 Å². The molecule has 0 bridgehead atoms. The van der Waals surface area contributed by atoms with Crippen LogP contribution in [0.4, 0.5) is 0 Å². The lowest BCUT2D eigenvalue weighted by molar-refractivity contribution is -0.124. The van der Waals surface area contributed by atoms with Gasteiger partial charge in [0.15, 0.2) is 0 Å². The largest absolute Gasteiger partial charge is 0.350 e. The van der Waals surface area contributed by atoms with Crippen molar-refractivity contribution < 1.29 is 9.59 Å². The summed E-state index contributed by atoms with van der Waals surface area (Å²) in [5.41, 5.74) is 0.310. The number of amides is 2. The fourth-order valence-corrected chi connectivity index (χ4v) is 1.86. The van der Waals surface area contributed by atoms with E-state index >= 15 is 0 Å². The second-order valence-electron chi connectivity index (χ2n) is 5.52. The summed E-state index contributed by atoms with van der Waals surface area (Å²) in [6.45, 7) is 5.53. The smallest absolute Gasteiger partial charge is 0.244 e. The number of hydrogen-bond acceptors (Lipinski definition) is 2. The summed E-state index contributed by atoms with van der Waals surface area (Å²) in [6, 6.07) is 4.97. The molecule has 0 radical (unpaired) electrons. The molecule has 0 saturated heterocycles. The second-order valence-corrected chi connectivity index (χ2v) is 6.36. The summed E-state index contributed by atoms with van der Waals surface area (Å²) < 4.78 is 0. The third-order valence-corrected chi connectivity index (χ3v) is 2.89. The molecule has 0 aliphatic rings. The molecule has 0 fully saturated rings. The van der Waals surface area contributed by atoms with Crippen LogP contribution in [0.3, 0.4) is 0 Å². The predicted molar refractivity (Wildman–Crippen MR) is 86.4 cm³/mol. The minimum absolute atomic E-state index is 0.0796. The zero-order valence-electron chi connectivity index (χ0n) is 12.2. The van der Waals surface area contributed by atoms with Crippen molar-refractivity contribution in [2.45, 2.75) is 26.3 Å². The van der Waals surface area contributed by atoms with Crippen LogP contribution >= 0.6 is 23.2 Å². The average Bonchev–Trinajstić information content (AvgIpc) is 2.35. The van der Waals surface area contributed by atoms with Gasteiger partial charge in [0.25, 0.3) is 0 Å². The van der Waals surface area contributed by atoms with E-state index in [1.165, 1.54) is 6.08 Å². The van der Waals surface area contributed by atoms with E-state index in [0.717, 1.165) is 0 Å². The zero-order valence-corrected chi connectivity index (χ0v) is 13.7. The van der Waals surface area contributed by atoms with Crippen LogP contribution in [-0.4, -0.2) is 23.9 Å². The molecule has 1 aromatic carbocycles. The van der Waals surface area contributed by atoms with Crippen LogP contribution < -0.4 is 10.6 Å². The molecule has 0 aliphatic carbocycles. The number of carbonyl (C=O) groups excluding carboxylic acids is 2. The Bertz CT molecular complexity index is 563. The second kappa shape index (κ2) is 7.48. The molecule has 1 rings (SSSR count). The standard InChI is InChI=1S/C15H18Cl2N2O2/c1-15(2,3)19-14(21)9-18-13(20)7-4-10-8-11(16)5-6-12(10)17/h4-8H,9H2,1-3H3,(H,18,20)(H,19,21)/b7-4+. The molecule has 6 heteroatoms. The maximum Gasteiger partial charge on any atom is 0.244 e. The highest BCUT2D eigenvalue weighted by molar-refractivity contribution is 6.34. The summed E-state index contributed by atoms with van der Waals surface area (Å²) in [6.07, 6.45) is 2.85. The third-order valence-electron chi connectivity index (χ3n) is 2.31. The first-order chi connectivity index (χ1) is 9.67. The normalized spacial score (nSPS) is 11.5. The number of halogens is 2. The van der Waals surface area contributed by atoms with Crippen molar-refractivity contribution in [1.29, 1.82) is 0 Å². The molecule has 1 aromatic rings. The molecule has 114 valence electrons. The molecule has 0 unspecified atom stereocenters. The Morgan fingerprint density at radius 2 is 1.90 bits per heavy atom. The molecule has 0 heterocycles. The van der Waals surface area contributed by atoms with Crippen molar-refractivity contribution in [1.82, 2.24) is 10.6 Å². The average molecular weight is 329 g/mol. The monoisotopic (exact) mass is 328 g/mol. The zero-order chi connectivity index (χ0) is 16.0. The van der Waals surface area contributed by atoms with Crippen LogP contribution in [0.5, 0.6) is 0 Å². The van der Waals surface area contributed by atoms with Gasteiger partial charge in [-0.15, -0.1) is 0 Å². The minimum atomic E-state index is -0.380. The van der Waals surface area contributed by atoms with Gasteiger partial charge in [0, 0.05) is 21.7 Å². The van der Waals surface area contributed by atoms with Gasteiger partial charge in [0.05, 0.1) is 6.54 Å². The molecule has 2 N–H and O–H groups in total. The Kier molecular flexibility index (Phi) is 6.24. The Labute approximate surface area is 134 Å². The molecule has 21 heavy (non-hydrogen) atoms. The van der Waals surface area contributed by atoms with Gasteiger partial charge in [-0.2, -0.15) is 0 Å². The van der Waals surface area contributed by atoms with E-state index in [4.69, 9.17) is 23.2 Å². The maximum absolute atomic E-state index is 11.6. The molecule has 0 spiro atoms. The summed E-state index contributed by atoms with van der Waals surface area (Å²) in [7, 11) is 0. The highest BCUT2D eigenvalue weighted by Crippen LogP contribution is 2.21. The van der Waals surface area contributed by atoms with E-state index in [0.29, 0.717) is 15.6 Å². The number of carbonyl (C=O) groups is 2. The number of nitrogens with one attached hydrogen (secondary N) is 2. The fraction of sp³-hybridized carbons (Fsp3) is 0.333. The van der Waals surface area contributed by atoms with Crippen molar-refractivity contribution in [3.05, 3.63) is 39.9 Å². The van der Waals surface area contributed by atoms with Crippen LogP contribution in [0.25, 0.3) is 6.08 Å². The summed E-state index contributed by atoms with van der Waals surface area (Å²) in [5.74, 6) is -0.625. The number of benzene rings is 1. The lowest BCUT2D eigenvalue weighted by atomic mass is 10.1. The van der Waals surface area contributed by atoms with Crippen molar-refractivity contribution in [2.24, 2.45) is 0 Å². The van der Waals surface area contributed by atoms with Gasteiger partial charge in [-0.05, 0) is 50.6 Å². The van der Waals surface area contributed by atoms with Crippen LogP contribution in [0.15, 0.2) is 24.3 Å². The lowest BCUT2D eigenvalue weighted by Gasteiger charge is -2.20. The number of hydrogen-bond donors (Lipinski definition) is 2. The molecule has 0 aliphatic heterocycles. The Morgan fingerprint density at radius 3 is 2.52 bits per heavy atom.